The number of imidazole rings is 1. The molecule has 0 bridgehead atoms. The lowest BCUT2D eigenvalue weighted by molar-refractivity contribution is 0.0898. The van der Waals surface area contributed by atoms with Gasteiger partial charge in [-0.2, -0.15) is 0 Å². The number of carbonyl (C=O) groups excluding carboxylic acids is 1. The van der Waals surface area contributed by atoms with Gasteiger partial charge in [-0.1, -0.05) is 6.07 Å². The standard InChI is InChI=1S/C19H17F2N5O/c1-26-10-22-9-17(26)16-4-5-23-18(25-16)19(27)24-13-6-11(7-13)14-3-2-12(20)8-15(14)21/h2-5,8-11,13H,6-7H2,1H3,(H,24,27). The van der Waals surface area contributed by atoms with Crippen LogP contribution in [0.3, 0.4) is 0 Å². The second-order valence-electron chi connectivity index (χ2n) is 6.66. The van der Waals surface area contributed by atoms with E-state index < -0.39 is 11.6 Å². The molecule has 0 aliphatic heterocycles. The monoisotopic (exact) mass is 369 g/mol. The van der Waals surface area contributed by atoms with E-state index in [1.54, 1.807) is 23.2 Å². The average molecular weight is 369 g/mol. The van der Waals surface area contributed by atoms with Gasteiger partial charge in [-0.25, -0.2) is 23.7 Å². The van der Waals surface area contributed by atoms with Crippen molar-refractivity contribution >= 4 is 5.91 Å². The third-order valence-corrected chi connectivity index (χ3v) is 4.81. The van der Waals surface area contributed by atoms with E-state index in [0.717, 1.165) is 11.8 Å². The molecule has 1 aliphatic rings. The van der Waals surface area contributed by atoms with E-state index in [1.165, 1.54) is 18.3 Å². The number of aromatic nitrogens is 4. The fraction of sp³-hybridized carbons (Fsp3) is 0.263. The van der Waals surface area contributed by atoms with Crippen molar-refractivity contribution in [3.8, 4) is 11.4 Å². The number of halogens is 2. The van der Waals surface area contributed by atoms with Gasteiger partial charge in [-0.15, -0.1) is 0 Å². The molecule has 8 heteroatoms. The normalized spacial score (nSPS) is 18.8. The van der Waals surface area contributed by atoms with Gasteiger partial charge in [-0.05, 0) is 36.5 Å². The number of amides is 1. The van der Waals surface area contributed by atoms with Gasteiger partial charge in [0.1, 0.15) is 11.6 Å². The number of hydrogen-bond donors (Lipinski definition) is 1. The van der Waals surface area contributed by atoms with Crippen molar-refractivity contribution in [2.75, 3.05) is 0 Å². The molecule has 2 heterocycles. The minimum atomic E-state index is -0.592. The zero-order chi connectivity index (χ0) is 19.0. The quantitative estimate of drug-likeness (QED) is 0.768. The Morgan fingerprint density at radius 3 is 2.78 bits per heavy atom. The summed E-state index contributed by atoms with van der Waals surface area (Å²) < 4.78 is 28.6. The molecule has 0 saturated heterocycles. The Kier molecular flexibility index (Phi) is 4.39. The molecular formula is C19H17F2N5O. The zero-order valence-electron chi connectivity index (χ0n) is 14.6. The Bertz CT molecular complexity index is 997. The van der Waals surface area contributed by atoms with Gasteiger partial charge in [0.25, 0.3) is 5.91 Å². The highest BCUT2D eigenvalue weighted by Crippen LogP contribution is 2.38. The van der Waals surface area contributed by atoms with Crippen LogP contribution in [0.4, 0.5) is 8.78 Å². The number of rotatable bonds is 4. The number of nitrogens with zero attached hydrogens (tertiary/aromatic N) is 4. The number of hydrogen-bond acceptors (Lipinski definition) is 4. The van der Waals surface area contributed by atoms with Crippen LogP contribution in [0.1, 0.15) is 34.9 Å². The SMILES string of the molecule is Cn1cncc1-c1ccnc(C(=O)NC2CC(c3ccc(F)cc3F)C2)n1. The maximum atomic E-state index is 13.8. The molecule has 6 nitrogen and oxygen atoms in total. The van der Waals surface area contributed by atoms with E-state index in [4.69, 9.17) is 0 Å². The van der Waals surface area contributed by atoms with Gasteiger partial charge in [0.2, 0.25) is 5.82 Å². The summed E-state index contributed by atoms with van der Waals surface area (Å²) in [5.74, 6) is -1.47. The van der Waals surface area contributed by atoms with Crippen LogP contribution in [0.5, 0.6) is 0 Å². The van der Waals surface area contributed by atoms with Crippen molar-refractivity contribution in [1.29, 1.82) is 0 Å². The Balaban J connectivity index is 1.40. The van der Waals surface area contributed by atoms with E-state index in [0.29, 0.717) is 24.1 Å². The lowest BCUT2D eigenvalue weighted by atomic mass is 9.75. The number of carbonyl (C=O) groups is 1. The van der Waals surface area contributed by atoms with Crippen molar-refractivity contribution in [1.82, 2.24) is 24.8 Å². The summed E-state index contributed by atoms with van der Waals surface area (Å²) in [6.07, 6.45) is 6.03. The molecule has 0 spiro atoms. The van der Waals surface area contributed by atoms with Gasteiger partial charge >= 0.3 is 0 Å². The highest BCUT2D eigenvalue weighted by Gasteiger charge is 2.33. The number of aryl methyl sites for hydroxylation is 1. The second kappa shape index (κ2) is 6.86. The molecule has 0 unspecified atom stereocenters. The molecule has 0 atom stereocenters. The summed E-state index contributed by atoms with van der Waals surface area (Å²) in [7, 11) is 1.84. The molecule has 3 aromatic rings. The predicted molar refractivity (Wildman–Crippen MR) is 93.8 cm³/mol. The molecule has 1 amide bonds. The minimum Gasteiger partial charge on any atom is -0.347 e. The fourth-order valence-corrected chi connectivity index (χ4v) is 3.29. The van der Waals surface area contributed by atoms with Crippen molar-refractivity contribution in [3.63, 3.8) is 0 Å². The van der Waals surface area contributed by atoms with Crippen LogP contribution in [0.25, 0.3) is 11.4 Å². The molecule has 4 rings (SSSR count). The molecule has 1 aliphatic carbocycles. The molecule has 1 N–H and O–H groups in total. The van der Waals surface area contributed by atoms with Crippen molar-refractivity contribution in [2.45, 2.75) is 24.8 Å². The van der Waals surface area contributed by atoms with Crippen LogP contribution >= 0.6 is 0 Å². The molecule has 138 valence electrons. The van der Waals surface area contributed by atoms with Crippen LogP contribution < -0.4 is 5.32 Å². The maximum Gasteiger partial charge on any atom is 0.289 e. The molecule has 2 aromatic heterocycles. The first kappa shape index (κ1) is 17.3. The van der Waals surface area contributed by atoms with Crippen LogP contribution in [0, 0.1) is 11.6 Å². The average Bonchev–Trinajstić information content (AvgIpc) is 3.04. The third-order valence-electron chi connectivity index (χ3n) is 4.81. The van der Waals surface area contributed by atoms with Crippen molar-refractivity contribution in [2.24, 2.45) is 7.05 Å². The summed E-state index contributed by atoms with van der Waals surface area (Å²) in [4.78, 5) is 24.8. The minimum absolute atomic E-state index is 0.0300. The third kappa shape index (κ3) is 3.42. The molecular weight excluding hydrogens is 352 g/mol. The van der Waals surface area contributed by atoms with Crippen LogP contribution in [0.15, 0.2) is 43.0 Å². The Morgan fingerprint density at radius 2 is 2.07 bits per heavy atom. The van der Waals surface area contributed by atoms with Gasteiger partial charge in [0.15, 0.2) is 0 Å². The van der Waals surface area contributed by atoms with Gasteiger partial charge in [0.05, 0.1) is 23.9 Å². The molecule has 1 saturated carbocycles. The van der Waals surface area contributed by atoms with E-state index in [-0.39, 0.29) is 23.7 Å². The topological polar surface area (TPSA) is 72.7 Å². The largest absolute Gasteiger partial charge is 0.347 e. The first-order chi connectivity index (χ1) is 13.0. The Hall–Kier alpha value is -3.16. The van der Waals surface area contributed by atoms with Crippen LogP contribution in [-0.2, 0) is 7.05 Å². The summed E-state index contributed by atoms with van der Waals surface area (Å²) in [5.41, 5.74) is 1.87. The first-order valence-electron chi connectivity index (χ1n) is 8.57. The first-order valence-corrected chi connectivity index (χ1v) is 8.57. The summed E-state index contributed by atoms with van der Waals surface area (Å²) in [6.45, 7) is 0. The van der Waals surface area contributed by atoms with Gasteiger partial charge < -0.3 is 9.88 Å². The fourth-order valence-electron chi connectivity index (χ4n) is 3.29. The molecule has 27 heavy (non-hydrogen) atoms. The van der Waals surface area contributed by atoms with E-state index in [1.807, 2.05) is 7.05 Å². The van der Waals surface area contributed by atoms with Crippen LogP contribution in [0.2, 0.25) is 0 Å². The Labute approximate surface area is 154 Å². The molecule has 0 radical (unpaired) electrons. The van der Waals surface area contributed by atoms with Gasteiger partial charge in [0, 0.05) is 25.4 Å². The van der Waals surface area contributed by atoms with E-state index in [9.17, 15) is 13.6 Å². The van der Waals surface area contributed by atoms with Crippen molar-refractivity contribution < 1.29 is 13.6 Å². The molecule has 1 aromatic carbocycles. The molecule has 1 fully saturated rings. The second-order valence-corrected chi connectivity index (χ2v) is 6.66. The predicted octanol–water partition coefficient (Wildman–Crippen LogP) is 2.83. The number of benzene rings is 1. The lowest BCUT2D eigenvalue weighted by Gasteiger charge is -2.36. The lowest BCUT2D eigenvalue weighted by Crippen LogP contribution is -2.44. The highest BCUT2D eigenvalue weighted by atomic mass is 19.1. The highest BCUT2D eigenvalue weighted by molar-refractivity contribution is 5.91. The summed E-state index contributed by atoms with van der Waals surface area (Å²) in [5, 5.41) is 2.87. The Morgan fingerprint density at radius 1 is 1.26 bits per heavy atom. The van der Waals surface area contributed by atoms with E-state index >= 15 is 0 Å². The van der Waals surface area contributed by atoms with E-state index in [2.05, 4.69) is 20.3 Å². The zero-order valence-corrected chi connectivity index (χ0v) is 14.6. The maximum absolute atomic E-state index is 13.8. The summed E-state index contributed by atoms with van der Waals surface area (Å²) >= 11 is 0. The smallest absolute Gasteiger partial charge is 0.289 e. The summed E-state index contributed by atoms with van der Waals surface area (Å²) in [6, 6.07) is 5.23. The number of nitrogens with one attached hydrogen (secondary N) is 1. The van der Waals surface area contributed by atoms with Crippen LogP contribution in [-0.4, -0.2) is 31.5 Å². The van der Waals surface area contributed by atoms with Crippen molar-refractivity contribution in [3.05, 3.63) is 66.0 Å². The van der Waals surface area contributed by atoms with Gasteiger partial charge in [-0.3, -0.25) is 4.79 Å².